The molecular formula is C39H55N3O9S. The minimum atomic E-state index is -4.40. The van der Waals surface area contributed by atoms with E-state index in [9.17, 15) is 27.6 Å². The van der Waals surface area contributed by atoms with E-state index in [1.54, 1.807) is 33.9 Å². The highest BCUT2D eigenvalue weighted by Gasteiger charge is 2.62. The molecule has 2 aliphatic carbocycles. The number of esters is 1. The maximum absolute atomic E-state index is 14.6. The second kappa shape index (κ2) is 14.3. The smallest absolute Gasteiger partial charge is 0.362 e. The van der Waals surface area contributed by atoms with Crippen molar-refractivity contribution in [3.63, 3.8) is 0 Å². The number of rotatable bonds is 14. The molecule has 1 aromatic heterocycles. The fourth-order valence-corrected chi connectivity index (χ4v) is 8.51. The summed E-state index contributed by atoms with van der Waals surface area (Å²) in [6.45, 7) is 16.6. The fourth-order valence-electron chi connectivity index (χ4n) is 7.34. The highest BCUT2D eigenvalue weighted by Crippen LogP contribution is 2.58. The molecule has 2 amide bonds. The van der Waals surface area contributed by atoms with Gasteiger partial charge in [0.05, 0.1) is 35.9 Å². The average molecular weight is 742 g/mol. The first-order valence-electron chi connectivity index (χ1n) is 18.4. The molecule has 0 spiro atoms. The third-order valence-electron chi connectivity index (χ3n) is 10.5. The Hall–Kier alpha value is -3.58. The number of ketones is 1. The van der Waals surface area contributed by atoms with Gasteiger partial charge >= 0.3 is 16.3 Å². The van der Waals surface area contributed by atoms with Crippen LogP contribution in [0.2, 0.25) is 0 Å². The zero-order valence-electron chi connectivity index (χ0n) is 32.0. The minimum Gasteiger partial charge on any atom is -0.472 e. The van der Waals surface area contributed by atoms with Crippen LogP contribution in [0.1, 0.15) is 112 Å². The maximum Gasteiger partial charge on any atom is 0.362 e. The molecule has 2 aromatic rings. The van der Waals surface area contributed by atoms with E-state index in [1.165, 1.54) is 4.90 Å². The van der Waals surface area contributed by atoms with E-state index in [4.69, 9.17) is 13.7 Å². The number of pyridine rings is 1. The van der Waals surface area contributed by atoms with Gasteiger partial charge in [0, 0.05) is 24.4 Å². The summed E-state index contributed by atoms with van der Waals surface area (Å²) in [4.78, 5) is 61.9. The predicted octanol–water partition coefficient (Wildman–Crippen LogP) is 5.98. The SMILES string of the molecule is CCC[C@@H]1C[C@]1(CC(=O)[C@@H]1C[C@@H](Oc2nccc3cc(C)ccc23)CN1C(=O)[C@@H](CC(=O)OC(C)(C)C)C(C)(C)C)C(=O)NS(=O)(=O)OC1(C)CC1. The largest absolute Gasteiger partial charge is 0.472 e. The predicted molar refractivity (Wildman–Crippen MR) is 195 cm³/mol. The third-order valence-corrected chi connectivity index (χ3v) is 11.6. The second-order valence-corrected chi connectivity index (χ2v) is 18.7. The lowest BCUT2D eigenvalue weighted by Gasteiger charge is -2.35. The van der Waals surface area contributed by atoms with Crippen LogP contribution >= 0.6 is 0 Å². The molecule has 13 heteroatoms. The van der Waals surface area contributed by atoms with Crippen LogP contribution < -0.4 is 9.46 Å². The van der Waals surface area contributed by atoms with E-state index in [0.717, 1.165) is 22.8 Å². The molecule has 1 saturated heterocycles. The first-order valence-corrected chi connectivity index (χ1v) is 19.8. The molecule has 1 N–H and O–H groups in total. The summed E-state index contributed by atoms with van der Waals surface area (Å²) >= 11 is 0. The monoisotopic (exact) mass is 741 g/mol. The molecular weight excluding hydrogens is 687 g/mol. The number of carbonyl (C=O) groups is 4. The van der Waals surface area contributed by atoms with Gasteiger partial charge in [-0.1, -0.05) is 51.8 Å². The normalized spacial score (nSPS) is 24.6. The number of fused-ring (bicyclic) bond motifs is 1. The van der Waals surface area contributed by atoms with Crippen LogP contribution in [0.5, 0.6) is 5.88 Å². The Labute approximate surface area is 308 Å². The van der Waals surface area contributed by atoms with E-state index in [-0.39, 0.29) is 37.5 Å². The Morgan fingerprint density at radius 3 is 2.38 bits per heavy atom. The molecule has 0 unspecified atom stereocenters. The highest BCUT2D eigenvalue weighted by molar-refractivity contribution is 7.85. The number of benzene rings is 1. The van der Waals surface area contributed by atoms with Crippen LogP contribution in [0.4, 0.5) is 0 Å². The van der Waals surface area contributed by atoms with Crippen LogP contribution in [-0.4, -0.2) is 71.8 Å². The van der Waals surface area contributed by atoms with Gasteiger partial charge in [0.25, 0.3) is 0 Å². The van der Waals surface area contributed by atoms with E-state index < -0.39 is 68.2 Å². The van der Waals surface area contributed by atoms with Crippen LogP contribution in [0.15, 0.2) is 30.5 Å². The summed E-state index contributed by atoms with van der Waals surface area (Å²) in [5.41, 5.74) is -2.43. The summed E-state index contributed by atoms with van der Waals surface area (Å²) in [5.74, 6) is -2.70. The summed E-state index contributed by atoms with van der Waals surface area (Å²) in [6.07, 6.45) is 3.57. The number of Topliss-reactive ketones (excluding diaryl/α,β-unsaturated/α-hetero) is 1. The minimum absolute atomic E-state index is 0.0540. The average Bonchev–Trinajstić information content (AvgIpc) is 3.86. The van der Waals surface area contributed by atoms with Crippen molar-refractivity contribution in [2.24, 2.45) is 22.7 Å². The van der Waals surface area contributed by atoms with E-state index in [2.05, 4.69) is 9.71 Å². The Morgan fingerprint density at radius 2 is 1.77 bits per heavy atom. The van der Waals surface area contributed by atoms with Gasteiger partial charge in [-0.05, 0) is 89.2 Å². The summed E-state index contributed by atoms with van der Waals surface area (Å²) in [5, 5.41) is 1.73. The number of aryl methyl sites for hydroxylation is 1. The molecule has 2 saturated carbocycles. The zero-order chi connectivity index (χ0) is 38.4. The second-order valence-electron chi connectivity index (χ2n) is 17.4. The molecule has 3 aliphatic rings. The fraction of sp³-hybridized carbons (Fsp3) is 0.667. The molecule has 12 nitrogen and oxygen atoms in total. The van der Waals surface area contributed by atoms with Crippen molar-refractivity contribution in [1.82, 2.24) is 14.6 Å². The van der Waals surface area contributed by atoms with Gasteiger partial charge in [0.2, 0.25) is 17.7 Å². The first-order chi connectivity index (χ1) is 24.0. The standard InChI is InChI=1S/C39H55N3O9S/c1-10-11-26-21-39(26,35(46)41-52(47,48)51-38(9)15-16-38)22-31(43)30-19-27(49-33-28-13-12-24(2)18-25(28)14-17-40-33)23-42(30)34(45)29(36(3,4)5)20-32(44)50-37(6,7)8/h12-14,17-18,26-27,29-30H,10-11,15-16,19-23H2,1-9H3,(H,41,46)/t26-,27-,29-,30+,39-/m1/s1. The Morgan fingerprint density at radius 1 is 1.08 bits per heavy atom. The molecule has 5 atom stereocenters. The molecule has 286 valence electrons. The lowest BCUT2D eigenvalue weighted by Crippen LogP contribution is -2.49. The molecule has 0 radical (unpaired) electrons. The van der Waals surface area contributed by atoms with Gasteiger partial charge in [-0.25, -0.2) is 13.9 Å². The van der Waals surface area contributed by atoms with Crippen molar-refractivity contribution in [2.45, 2.75) is 137 Å². The molecule has 0 bridgehead atoms. The van der Waals surface area contributed by atoms with Gasteiger partial charge < -0.3 is 14.4 Å². The lowest BCUT2D eigenvalue weighted by atomic mass is 9.77. The van der Waals surface area contributed by atoms with Crippen molar-refractivity contribution in [1.29, 1.82) is 0 Å². The van der Waals surface area contributed by atoms with Gasteiger partial charge in [-0.3, -0.25) is 19.2 Å². The highest BCUT2D eigenvalue weighted by atomic mass is 32.2. The van der Waals surface area contributed by atoms with Crippen LogP contribution in [0.25, 0.3) is 10.8 Å². The molecule has 2 heterocycles. The quantitative estimate of drug-likeness (QED) is 0.228. The van der Waals surface area contributed by atoms with Crippen molar-refractivity contribution in [2.75, 3.05) is 6.54 Å². The molecule has 52 heavy (non-hydrogen) atoms. The molecule has 1 aliphatic heterocycles. The van der Waals surface area contributed by atoms with Crippen molar-refractivity contribution >= 4 is 44.6 Å². The van der Waals surface area contributed by atoms with E-state index in [0.29, 0.717) is 31.6 Å². The molecule has 5 rings (SSSR count). The Kier molecular flexibility index (Phi) is 10.9. The number of nitrogens with zero attached hydrogens (tertiary/aromatic N) is 2. The number of nitrogens with one attached hydrogen (secondary N) is 1. The maximum atomic E-state index is 14.6. The Balaban J connectivity index is 1.44. The summed E-state index contributed by atoms with van der Waals surface area (Å²) in [6, 6.07) is 6.81. The van der Waals surface area contributed by atoms with E-state index >= 15 is 0 Å². The van der Waals surface area contributed by atoms with E-state index in [1.807, 2.05) is 58.9 Å². The zero-order valence-corrected chi connectivity index (χ0v) is 32.9. The van der Waals surface area contributed by atoms with Crippen LogP contribution in [0, 0.1) is 29.6 Å². The van der Waals surface area contributed by atoms with Gasteiger partial charge in [0.1, 0.15) is 11.7 Å². The van der Waals surface area contributed by atoms with Crippen LogP contribution in [-0.2, 0) is 38.4 Å². The molecule has 3 fully saturated rings. The van der Waals surface area contributed by atoms with Crippen molar-refractivity contribution in [3.05, 3.63) is 36.0 Å². The first kappa shape index (κ1) is 39.6. The number of hydrogen-bond donors (Lipinski definition) is 1. The topological polar surface area (TPSA) is 158 Å². The summed E-state index contributed by atoms with van der Waals surface area (Å²) in [7, 11) is -4.40. The number of likely N-dealkylation sites (tertiary alicyclic amines) is 1. The number of amides is 2. The van der Waals surface area contributed by atoms with Crippen molar-refractivity contribution < 1.29 is 41.3 Å². The number of hydrogen-bond acceptors (Lipinski definition) is 10. The number of aromatic nitrogens is 1. The molecule has 1 aromatic carbocycles. The van der Waals surface area contributed by atoms with Crippen molar-refractivity contribution in [3.8, 4) is 5.88 Å². The van der Waals surface area contributed by atoms with Gasteiger partial charge in [-0.15, -0.1) is 0 Å². The summed E-state index contributed by atoms with van der Waals surface area (Å²) < 4.78 is 45.1. The Bertz CT molecular complexity index is 1830. The number of ether oxygens (including phenoxy) is 2. The van der Waals surface area contributed by atoms with Crippen LogP contribution in [0.3, 0.4) is 0 Å². The lowest BCUT2D eigenvalue weighted by molar-refractivity contribution is -0.161. The van der Waals surface area contributed by atoms with Gasteiger partial charge in [0.15, 0.2) is 5.78 Å². The van der Waals surface area contributed by atoms with Gasteiger partial charge in [-0.2, -0.15) is 8.42 Å². The third kappa shape index (κ3) is 9.31. The number of carbonyl (C=O) groups excluding carboxylic acids is 4.